The van der Waals surface area contributed by atoms with Gasteiger partial charge in [-0.1, -0.05) is 13.7 Å². The lowest BCUT2D eigenvalue weighted by atomic mass is 9.81. The SMILES string of the molecule is CBC(=O)NCCC. The molecule has 0 radical (unpaired) electrons. The maximum Gasteiger partial charge on any atom is 0.230 e. The van der Waals surface area contributed by atoms with Gasteiger partial charge in [-0.3, -0.25) is 4.79 Å². The lowest BCUT2D eigenvalue weighted by molar-refractivity contribution is 0.259. The van der Waals surface area contributed by atoms with E-state index < -0.39 is 0 Å². The maximum atomic E-state index is 10.5. The van der Waals surface area contributed by atoms with Crippen molar-refractivity contribution < 1.29 is 4.79 Å². The number of amides is 1. The fourth-order valence-corrected chi connectivity index (χ4v) is 0.389. The highest BCUT2D eigenvalue weighted by Gasteiger charge is 1.92. The number of hydrogen-bond acceptors (Lipinski definition) is 1. The molecule has 0 saturated heterocycles. The molecule has 1 amide bonds. The highest BCUT2D eigenvalue weighted by molar-refractivity contribution is 6.72. The zero-order chi connectivity index (χ0) is 6.41. The highest BCUT2D eigenvalue weighted by Crippen LogP contribution is 1.70. The smallest absolute Gasteiger partial charge is 0.230 e. The van der Waals surface area contributed by atoms with Crippen molar-refractivity contribution in [3.05, 3.63) is 0 Å². The van der Waals surface area contributed by atoms with E-state index in [1.807, 2.05) is 13.7 Å². The monoisotopic (exact) mass is 113 g/mol. The molecule has 0 bridgehead atoms. The molecule has 0 spiro atoms. The Bertz CT molecular complexity index is 74.8. The summed E-state index contributed by atoms with van der Waals surface area (Å²) < 4.78 is 0. The molecule has 0 aromatic carbocycles. The summed E-state index contributed by atoms with van der Waals surface area (Å²) in [5, 5.41) is 2.74. The molecule has 0 aliphatic rings. The fourth-order valence-electron chi connectivity index (χ4n) is 0.389. The summed E-state index contributed by atoms with van der Waals surface area (Å²) in [6.07, 6.45) is 1.02. The molecule has 0 atom stereocenters. The van der Waals surface area contributed by atoms with Gasteiger partial charge in [-0.15, -0.1) is 0 Å². The lowest BCUT2D eigenvalue weighted by Crippen LogP contribution is -2.25. The van der Waals surface area contributed by atoms with Gasteiger partial charge in [-0.25, -0.2) is 0 Å². The number of carbonyl (C=O) groups excluding carboxylic acids is 1. The molecule has 0 aliphatic heterocycles. The first-order chi connectivity index (χ1) is 3.81. The minimum absolute atomic E-state index is 0.145. The first-order valence-electron chi connectivity index (χ1n) is 3.08. The van der Waals surface area contributed by atoms with Crippen molar-refractivity contribution >= 4 is 13.1 Å². The van der Waals surface area contributed by atoms with Gasteiger partial charge in [0.05, 0.1) is 0 Å². The van der Waals surface area contributed by atoms with Crippen LogP contribution in [-0.4, -0.2) is 19.6 Å². The molecule has 3 heteroatoms. The second-order valence-corrected chi connectivity index (χ2v) is 1.70. The van der Waals surface area contributed by atoms with Crippen LogP contribution in [0.2, 0.25) is 6.82 Å². The third-order valence-electron chi connectivity index (χ3n) is 0.893. The second kappa shape index (κ2) is 4.69. The van der Waals surface area contributed by atoms with Gasteiger partial charge in [0.2, 0.25) is 7.28 Å². The van der Waals surface area contributed by atoms with Crippen molar-refractivity contribution in [2.45, 2.75) is 20.2 Å². The Hall–Kier alpha value is -0.465. The van der Waals surface area contributed by atoms with Gasteiger partial charge in [0.15, 0.2) is 5.81 Å². The molecule has 0 fully saturated rings. The van der Waals surface area contributed by atoms with Gasteiger partial charge in [0.1, 0.15) is 0 Å². The first kappa shape index (κ1) is 7.53. The summed E-state index contributed by atoms with van der Waals surface area (Å²) in [5.74, 6) is 0.145. The quantitative estimate of drug-likeness (QED) is 0.533. The molecule has 0 unspecified atom stereocenters. The Labute approximate surface area is 50.9 Å². The molecule has 2 nitrogen and oxygen atoms in total. The van der Waals surface area contributed by atoms with E-state index in [9.17, 15) is 4.79 Å². The normalized spacial score (nSPS) is 8.25. The van der Waals surface area contributed by atoms with Crippen molar-refractivity contribution in [2.75, 3.05) is 6.54 Å². The van der Waals surface area contributed by atoms with E-state index in [-0.39, 0.29) is 5.81 Å². The summed E-state index contributed by atoms with van der Waals surface area (Å²) in [7, 11) is 0.597. The van der Waals surface area contributed by atoms with E-state index in [1.165, 1.54) is 0 Å². The van der Waals surface area contributed by atoms with Gasteiger partial charge in [0, 0.05) is 6.54 Å². The second-order valence-electron chi connectivity index (χ2n) is 1.70. The van der Waals surface area contributed by atoms with Crippen LogP contribution in [0.1, 0.15) is 13.3 Å². The number of nitrogens with one attached hydrogen (secondary N) is 1. The van der Waals surface area contributed by atoms with Crippen molar-refractivity contribution in [1.29, 1.82) is 0 Å². The van der Waals surface area contributed by atoms with E-state index >= 15 is 0 Å². The predicted octanol–water partition coefficient (Wildman–Crippen LogP) is 0.591. The summed E-state index contributed by atoms with van der Waals surface area (Å²) in [4.78, 5) is 10.5. The molecule has 0 heterocycles. The average molecular weight is 113 g/mol. The molecular formula is C5H12BNO. The average Bonchev–Trinajstić information content (AvgIpc) is 1.83. The molecule has 0 aromatic rings. The van der Waals surface area contributed by atoms with Crippen molar-refractivity contribution in [3.63, 3.8) is 0 Å². The number of hydrogen-bond donors (Lipinski definition) is 1. The summed E-state index contributed by atoms with van der Waals surface area (Å²) in [6, 6.07) is 0. The Morgan fingerprint density at radius 2 is 2.38 bits per heavy atom. The van der Waals surface area contributed by atoms with Gasteiger partial charge < -0.3 is 5.32 Å². The predicted molar refractivity (Wildman–Crippen MR) is 36.7 cm³/mol. The van der Waals surface area contributed by atoms with Crippen LogP contribution in [0.5, 0.6) is 0 Å². The van der Waals surface area contributed by atoms with Crippen LogP contribution in [0, 0.1) is 0 Å². The Kier molecular flexibility index (Phi) is 4.42. The van der Waals surface area contributed by atoms with Crippen molar-refractivity contribution in [1.82, 2.24) is 5.32 Å². The van der Waals surface area contributed by atoms with Crippen molar-refractivity contribution in [3.8, 4) is 0 Å². The molecule has 46 valence electrons. The lowest BCUT2D eigenvalue weighted by Gasteiger charge is -1.96. The standard InChI is InChI=1S/C5H12BNO/c1-3-4-7-5(8)6-2/h6H,3-4H2,1-2H3,(H,7,8). The van der Waals surface area contributed by atoms with Crippen LogP contribution in [0.4, 0.5) is 4.79 Å². The maximum absolute atomic E-state index is 10.5. The zero-order valence-electron chi connectivity index (χ0n) is 5.53. The molecule has 8 heavy (non-hydrogen) atoms. The van der Waals surface area contributed by atoms with Gasteiger partial charge in [-0.2, -0.15) is 0 Å². The molecule has 1 N–H and O–H groups in total. The van der Waals surface area contributed by atoms with E-state index in [0.717, 1.165) is 13.0 Å². The Morgan fingerprint density at radius 1 is 1.75 bits per heavy atom. The zero-order valence-corrected chi connectivity index (χ0v) is 5.53. The third-order valence-corrected chi connectivity index (χ3v) is 0.893. The highest BCUT2D eigenvalue weighted by atomic mass is 16.1. The number of carbonyl (C=O) groups is 1. The minimum atomic E-state index is 0.145. The Balaban J connectivity index is 2.99. The van der Waals surface area contributed by atoms with E-state index in [0.29, 0.717) is 7.28 Å². The van der Waals surface area contributed by atoms with Gasteiger partial charge in [-0.05, 0) is 6.42 Å². The minimum Gasteiger partial charge on any atom is -0.365 e. The third kappa shape index (κ3) is 3.72. The molecule has 0 aromatic heterocycles. The van der Waals surface area contributed by atoms with E-state index in [2.05, 4.69) is 5.32 Å². The molecule has 0 rings (SSSR count). The molecule has 0 saturated carbocycles. The van der Waals surface area contributed by atoms with Crippen molar-refractivity contribution in [2.24, 2.45) is 0 Å². The topological polar surface area (TPSA) is 29.1 Å². The summed E-state index contributed by atoms with van der Waals surface area (Å²) in [5.41, 5.74) is 0. The molecule has 0 aliphatic carbocycles. The van der Waals surface area contributed by atoms with Crippen LogP contribution < -0.4 is 5.32 Å². The van der Waals surface area contributed by atoms with Gasteiger partial charge in [0.25, 0.3) is 0 Å². The van der Waals surface area contributed by atoms with E-state index in [4.69, 9.17) is 0 Å². The Morgan fingerprint density at radius 3 is 2.75 bits per heavy atom. The van der Waals surface area contributed by atoms with Crippen LogP contribution in [0.3, 0.4) is 0 Å². The molecular weight excluding hydrogens is 101 g/mol. The van der Waals surface area contributed by atoms with E-state index in [1.54, 1.807) is 0 Å². The number of rotatable bonds is 3. The largest absolute Gasteiger partial charge is 0.365 e. The first-order valence-corrected chi connectivity index (χ1v) is 3.08. The summed E-state index contributed by atoms with van der Waals surface area (Å²) >= 11 is 0. The van der Waals surface area contributed by atoms with Crippen LogP contribution >= 0.6 is 0 Å². The van der Waals surface area contributed by atoms with Crippen LogP contribution in [-0.2, 0) is 0 Å². The fraction of sp³-hybridized carbons (Fsp3) is 0.800. The van der Waals surface area contributed by atoms with Crippen LogP contribution in [0.25, 0.3) is 0 Å². The van der Waals surface area contributed by atoms with Gasteiger partial charge >= 0.3 is 0 Å². The van der Waals surface area contributed by atoms with Crippen LogP contribution in [0.15, 0.2) is 0 Å². The summed E-state index contributed by atoms with van der Waals surface area (Å²) in [6.45, 7) is 4.70.